The highest BCUT2D eigenvalue weighted by Gasteiger charge is 2.37. The van der Waals surface area contributed by atoms with Crippen molar-refractivity contribution in [2.24, 2.45) is 10.9 Å². The van der Waals surface area contributed by atoms with Gasteiger partial charge in [0.1, 0.15) is 5.60 Å². The van der Waals surface area contributed by atoms with Crippen LogP contribution in [-0.2, 0) is 19.0 Å². The number of nitrogens with zero attached hydrogens (tertiary/aromatic N) is 2. The molecule has 1 saturated heterocycles. The average molecular weight is 521 g/mol. The van der Waals surface area contributed by atoms with Gasteiger partial charge in [-0.2, -0.15) is 8.42 Å². The van der Waals surface area contributed by atoms with Crippen LogP contribution in [0.5, 0.6) is 0 Å². The van der Waals surface area contributed by atoms with Crippen LogP contribution in [-0.4, -0.2) is 56.7 Å². The largest absolute Gasteiger partial charge is 0.444 e. The Morgan fingerprint density at radius 1 is 1.29 bits per heavy atom. The molecule has 1 aliphatic heterocycles. The van der Waals surface area contributed by atoms with Crippen LogP contribution in [0.2, 0.25) is 5.02 Å². The molecular formula is C26H33ClN2O5S. The van der Waals surface area contributed by atoms with Crippen molar-refractivity contribution in [3.05, 3.63) is 64.9 Å². The number of halogens is 1. The molecule has 1 aromatic rings. The molecule has 0 N–H and O–H groups in total. The number of ether oxygens (including phenoxy) is 1. The van der Waals surface area contributed by atoms with Crippen molar-refractivity contribution in [2.75, 3.05) is 26.0 Å². The summed E-state index contributed by atoms with van der Waals surface area (Å²) in [5.74, 6) is 0.0215. The van der Waals surface area contributed by atoms with Gasteiger partial charge >= 0.3 is 6.09 Å². The van der Waals surface area contributed by atoms with E-state index in [4.69, 9.17) is 20.5 Å². The summed E-state index contributed by atoms with van der Waals surface area (Å²) in [5.41, 5.74) is 3.24. The summed E-state index contributed by atoms with van der Waals surface area (Å²) in [6, 6.07) is 5.67. The Morgan fingerprint density at radius 3 is 2.51 bits per heavy atom. The van der Waals surface area contributed by atoms with Crippen molar-refractivity contribution in [2.45, 2.75) is 45.1 Å². The maximum atomic E-state index is 12.6. The van der Waals surface area contributed by atoms with Gasteiger partial charge in [0.25, 0.3) is 10.1 Å². The van der Waals surface area contributed by atoms with Gasteiger partial charge in [-0.15, -0.1) is 0 Å². The Hall–Kier alpha value is -2.42. The molecule has 0 aromatic heterocycles. The van der Waals surface area contributed by atoms with Crippen LogP contribution in [0.4, 0.5) is 4.79 Å². The number of rotatable bonds is 5. The second-order valence-electron chi connectivity index (χ2n) is 9.87. The predicted octanol–water partition coefficient (Wildman–Crippen LogP) is 5.58. The molecule has 0 bridgehead atoms. The highest BCUT2D eigenvalue weighted by Crippen LogP contribution is 2.42. The van der Waals surface area contributed by atoms with Crippen LogP contribution in [0.3, 0.4) is 0 Å². The molecule has 7 nitrogen and oxygen atoms in total. The van der Waals surface area contributed by atoms with Crippen LogP contribution in [0.1, 0.15) is 50.7 Å². The number of carbonyl (C=O) groups excluding carboxylic acids is 1. The minimum Gasteiger partial charge on any atom is -0.444 e. The van der Waals surface area contributed by atoms with Gasteiger partial charge < -0.3 is 9.64 Å². The van der Waals surface area contributed by atoms with Gasteiger partial charge in [-0.25, -0.2) is 4.79 Å². The molecule has 2 aliphatic rings. The SMILES string of the molecule is C=CN=C1C(=C)C(COS(C)(=O)=O)=Cc2cc(Cl)ccc2C1C1CCN(C(=O)OC(C)(C)C)CC1. The summed E-state index contributed by atoms with van der Waals surface area (Å²) in [5, 5.41) is 0.566. The zero-order chi connectivity index (χ0) is 26.0. The number of hydrogen-bond donors (Lipinski definition) is 0. The van der Waals surface area contributed by atoms with E-state index in [0.717, 1.165) is 30.2 Å². The van der Waals surface area contributed by atoms with Gasteiger partial charge in [-0.3, -0.25) is 9.18 Å². The monoisotopic (exact) mass is 520 g/mol. The minimum atomic E-state index is -3.65. The maximum absolute atomic E-state index is 12.6. The van der Waals surface area contributed by atoms with Crippen molar-refractivity contribution in [1.29, 1.82) is 0 Å². The minimum absolute atomic E-state index is 0.138. The Morgan fingerprint density at radius 2 is 1.94 bits per heavy atom. The van der Waals surface area contributed by atoms with Crippen LogP contribution < -0.4 is 0 Å². The third-order valence-electron chi connectivity index (χ3n) is 6.03. The normalized spacial score (nSPS) is 20.8. The Bertz CT molecular complexity index is 1170. The number of benzene rings is 1. The van der Waals surface area contributed by atoms with Gasteiger partial charge in [0, 0.05) is 30.2 Å². The fourth-order valence-electron chi connectivity index (χ4n) is 4.50. The first-order chi connectivity index (χ1) is 16.3. The number of carbonyl (C=O) groups is 1. The van der Waals surface area contributed by atoms with Gasteiger partial charge in [0.2, 0.25) is 0 Å². The number of piperidine rings is 1. The van der Waals surface area contributed by atoms with Crippen molar-refractivity contribution >= 4 is 39.6 Å². The summed E-state index contributed by atoms with van der Waals surface area (Å²) in [6.07, 6.45) is 5.52. The van der Waals surface area contributed by atoms with E-state index in [1.54, 1.807) is 4.90 Å². The van der Waals surface area contributed by atoms with E-state index in [-0.39, 0.29) is 24.5 Å². The highest BCUT2D eigenvalue weighted by molar-refractivity contribution is 7.86. The number of hydrogen-bond acceptors (Lipinski definition) is 6. The maximum Gasteiger partial charge on any atom is 0.410 e. The van der Waals surface area contributed by atoms with E-state index in [0.29, 0.717) is 35.0 Å². The fraction of sp³-hybridized carbons (Fsp3) is 0.462. The number of aliphatic imine (C=N–C) groups is 1. The predicted molar refractivity (Wildman–Crippen MR) is 140 cm³/mol. The van der Waals surface area contributed by atoms with Gasteiger partial charge in [0.05, 0.1) is 18.6 Å². The van der Waals surface area contributed by atoms with E-state index in [9.17, 15) is 13.2 Å². The Labute approximate surface area is 213 Å². The zero-order valence-corrected chi connectivity index (χ0v) is 22.3. The van der Waals surface area contributed by atoms with Crippen molar-refractivity contribution < 1.29 is 22.1 Å². The molecule has 1 aliphatic carbocycles. The summed E-state index contributed by atoms with van der Waals surface area (Å²) in [7, 11) is -3.65. The lowest BCUT2D eigenvalue weighted by Gasteiger charge is -2.37. The Balaban J connectivity index is 1.95. The molecule has 0 saturated carbocycles. The molecule has 0 radical (unpaired) electrons. The molecule has 1 fully saturated rings. The topological polar surface area (TPSA) is 85.3 Å². The van der Waals surface area contributed by atoms with E-state index < -0.39 is 15.7 Å². The van der Waals surface area contributed by atoms with Gasteiger partial charge in [-0.1, -0.05) is 30.8 Å². The molecule has 35 heavy (non-hydrogen) atoms. The quantitative estimate of drug-likeness (QED) is 0.473. The smallest absolute Gasteiger partial charge is 0.410 e. The molecule has 1 heterocycles. The molecule has 1 amide bonds. The lowest BCUT2D eigenvalue weighted by atomic mass is 9.75. The summed E-state index contributed by atoms with van der Waals surface area (Å²) >= 11 is 6.32. The van der Waals surface area contributed by atoms with Gasteiger partial charge in [-0.05, 0) is 80.0 Å². The van der Waals surface area contributed by atoms with E-state index >= 15 is 0 Å². The molecule has 1 atom stereocenters. The molecule has 9 heteroatoms. The van der Waals surface area contributed by atoms with Crippen LogP contribution in [0.15, 0.2) is 53.7 Å². The Kier molecular flexibility index (Phi) is 8.29. The number of likely N-dealkylation sites (tertiary alicyclic amines) is 1. The average Bonchev–Trinajstić information content (AvgIpc) is 2.86. The second kappa shape index (κ2) is 10.7. The molecule has 1 unspecified atom stereocenters. The summed E-state index contributed by atoms with van der Waals surface area (Å²) < 4.78 is 34.0. The van der Waals surface area contributed by atoms with Crippen LogP contribution >= 0.6 is 11.6 Å². The highest BCUT2D eigenvalue weighted by atomic mass is 35.5. The lowest BCUT2D eigenvalue weighted by Crippen LogP contribution is -2.43. The van der Waals surface area contributed by atoms with E-state index in [2.05, 4.69) is 18.2 Å². The summed E-state index contributed by atoms with van der Waals surface area (Å²) in [6.45, 7) is 14.6. The molecular weight excluding hydrogens is 488 g/mol. The van der Waals surface area contributed by atoms with Gasteiger partial charge in [0.15, 0.2) is 0 Å². The van der Waals surface area contributed by atoms with E-state index in [1.165, 1.54) is 6.20 Å². The lowest BCUT2D eigenvalue weighted by molar-refractivity contribution is 0.0181. The van der Waals surface area contributed by atoms with Crippen LogP contribution in [0, 0.1) is 5.92 Å². The second-order valence-corrected chi connectivity index (χ2v) is 11.9. The van der Waals surface area contributed by atoms with Crippen LogP contribution in [0.25, 0.3) is 6.08 Å². The molecule has 0 spiro atoms. The zero-order valence-electron chi connectivity index (χ0n) is 20.7. The molecule has 190 valence electrons. The van der Waals surface area contributed by atoms with Crippen molar-refractivity contribution in [1.82, 2.24) is 4.90 Å². The molecule has 3 rings (SSSR count). The standard InChI is InChI=1S/C26H33ClN2O5S/c1-7-28-24-17(2)20(16-33-35(6,31)32)14-19-15-21(27)8-9-22(19)23(24)18-10-12-29(13-11-18)25(30)34-26(3,4)5/h7-9,14-15,18,23H,1-2,10-13,16H2,3-6H3. The number of fused-ring (bicyclic) bond motifs is 1. The third kappa shape index (κ3) is 7.06. The summed E-state index contributed by atoms with van der Waals surface area (Å²) in [4.78, 5) is 18.9. The fourth-order valence-corrected chi connectivity index (χ4v) is 5.02. The first-order valence-corrected chi connectivity index (χ1v) is 13.7. The van der Waals surface area contributed by atoms with Crippen molar-refractivity contribution in [3.8, 4) is 0 Å². The van der Waals surface area contributed by atoms with Crippen molar-refractivity contribution in [3.63, 3.8) is 0 Å². The number of amides is 1. The molecule has 1 aromatic carbocycles. The first-order valence-electron chi connectivity index (χ1n) is 11.5. The first kappa shape index (κ1) is 27.2. The third-order valence-corrected chi connectivity index (χ3v) is 6.81. The van der Waals surface area contributed by atoms with E-state index in [1.807, 2.05) is 45.0 Å².